The maximum absolute atomic E-state index is 14.5. The number of methoxy groups -OCH3 is 2. The van der Waals surface area contributed by atoms with Crippen LogP contribution < -0.4 is 14.2 Å². The van der Waals surface area contributed by atoms with Gasteiger partial charge in [-0.25, -0.2) is 9.37 Å². The number of carbonyl (C=O) groups excluding carboxylic acids is 1. The van der Waals surface area contributed by atoms with E-state index in [1.54, 1.807) is 12.1 Å². The van der Waals surface area contributed by atoms with Crippen molar-refractivity contribution in [2.24, 2.45) is 11.8 Å². The fraction of sp³-hybridized carbons (Fsp3) is 0.379. The number of rotatable bonds is 7. The van der Waals surface area contributed by atoms with Gasteiger partial charge >= 0.3 is 12.1 Å². The highest BCUT2D eigenvalue weighted by molar-refractivity contribution is 5.73. The Morgan fingerprint density at radius 2 is 1.82 bits per heavy atom. The topological polar surface area (TPSA) is 66.9 Å². The molecule has 1 fully saturated rings. The van der Waals surface area contributed by atoms with Crippen LogP contribution in [0.3, 0.4) is 0 Å². The lowest BCUT2D eigenvalue weighted by Gasteiger charge is -2.30. The van der Waals surface area contributed by atoms with Gasteiger partial charge in [-0.3, -0.25) is 4.79 Å². The maximum Gasteiger partial charge on any atom is 0.433 e. The molecule has 206 valence electrons. The molecule has 0 spiro atoms. The normalized spacial score (nSPS) is 18.3. The average molecular weight is 546 g/mol. The summed E-state index contributed by atoms with van der Waals surface area (Å²) in [5.74, 6) is -0.296. The molecule has 0 saturated heterocycles. The van der Waals surface area contributed by atoms with Crippen LogP contribution >= 0.6 is 0 Å². The molecular weight excluding hydrogens is 518 g/mol. The van der Waals surface area contributed by atoms with Gasteiger partial charge in [0.25, 0.3) is 0 Å². The van der Waals surface area contributed by atoms with Crippen LogP contribution in [0.1, 0.15) is 48.6 Å². The summed E-state index contributed by atoms with van der Waals surface area (Å²) in [5, 5.41) is 0. The van der Waals surface area contributed by atoms with Gasteiger partial charge in [0.2, 0.25) is 0 Å². The van der Waals surface area contributed by atoms with Crippen molar-refractivity contribution < 1.29 is 41.3 Å². The number of carbonyl (C=O) groups is 1. The van der Waals surface area contributed by atoms with E-state index in [0.717, 1.165) is 24.5 Å². The largest absolute Gasteiger partial charge is 0.497 e. The second-order valence-corrected chi connectivity index (χ2v) is 9.78. The van der Waals surface area contributed by atoms with E-state index < -0.39 is 29.7 Å². The van der Waals surface area contributed by atoms with Gasteiger partial charge < -0.3 is 18.9 Å². The van der Waals surface area contributed by atoms with Crippen LogP contribution in [0.4, 0.5) is 17.6 Å². The number of ether oxygens (including phenoxy) is 4. The molecule has 1 aromatic heterocycles. The molecule has 0 N–H and O–H groups in total. The van der Waals surface area contributed by atoms with Gasteiger partial charge in [-0.15, -0.1) is 0 Å². The first-order valence-electron chi connectivity index (χ1n) is 12.5. The monoisotopic (exact) mass is 545 g/mol. The molecule has 1 saturated carbocycles. The first-order chi connectivity index (χ1) is 18.6. The van der Waals surface area contributed by atoms with Crippen molar-refractivity contribution in [1.29, 1.82) is 0 Å². The van der Waals surface area contributed by atoms with E-state index >= 15 is 0 Å². The van der Waals surface area contributed by atoms with Crippen molar-refractivity contribution in [2.45, 2.75) is 38.0 Å². The molecule has 1 aliphatic heterocycles. The summed E-state index contributed by atoms with van der Waals surface area (Å²) < 4.78 is 78.9. The third-order valence-electron chi connectivity index (χ3n) is 7.24. The highest BCUT2D eigenvalue weighted by Gasteiger charge is 2.41. The van der Waals surface area contributed by atoms with E-state index in [1.807, 2.05) is 13.0 Å². The molecule has 3 aromatic rings. The van der Waals surface area contributed by atoms with Crippen LogP contribution in [0.5, 0.6) is 17.2 Å². The van der Waals surface area contributed by atoms with E-state index in [2.05, 4.69) is 4.98 Å². The van der Waals surface area contributed by atoms with Crippen molar-refractivity contribution in [3.8, 4) is 28.5 Å². The molecule has 6 nitrogen and oxygen atoms in total. The van der Waals surface area contributed by atoms with Crippen LogP contribution in [0.25, 0.3) is 11.3 Å². The predicted octanol–water partition coefficient (Wildman–Crippen LogP) is 6.73. The second kappa shape index (κ2) is 10.4. The Balaban J connectivity index is 1.48. The maximum atomic E-state index is 14.5. The van der Waals surface area contributed by atoms with Gasteiger partial charge in [-0.1, -0.05) is 19.1 Å². The van der Waals surface area contributed by atoms with Gasteiger partial charge in [0.05, 0.1) is 25.8 Å². The number of fused-ring (bicyclic) bond motifs is 1. The summed E-state index contributed by atoms with van der Waals surface area (Å²) in [5.41, 5.74) is -0.895. The third-order valence-corrected chi connectivity index (χ3v) is 7.24. The first-order valence-corrected chi connectivity index (χ1v) is 12.5. The summed E-state index contributed by atoms with van der Waals surface area (Å²) in [7, 11) is 2.72. The Hall–Kier alpha value is -3.82. The molecule has 2 aromatic carbocycles. The van der Waals surface area contributed by atoms with Crippen molar-refractivity contribution in [2.75, 3.05) is 20.8 Å². The fourth-order valence-electron chi connectivity index (χ4n) is 5.14. The van der Waals surface area contributed by atoms with Crippen molar-refractivity contribution in [3.05, 3.63) is 71.2 Å². The SMILES string of the molecule is COC(=O)[C@@H](C)[C@H](c1ccc2c(c1)OC(c1ccc(-c3cc(OC)ccc3F)nc1C(F)(F)F)CO2)C1CC1. The van der Waals surface area contributed by atoms with E-state index in [0.29, 0.717) is 11.7 Å². The molecular formula is C29H27F4NO5. The van der Waals surface area contributed by atoms with E-state index in [4.69, 9.17) is 18.9 Å². The highest BCUT2D eigenvalue weighted by Crippen LogP contribution is 2.49. The quantitative estimate of drug-likeness (QED) is 0.242. The summed E-state index contributed by atoms with van der Waals surface area (Å²) in [4.78, 5) is 16.1. The van der Waals surface area contributed by atoms with Gasteiger partial charge in [0.15, 0.2) is 23.3 Å². The number of hydrogen-bond donors (Lipinski definition) is 0. The molecule has 39 heavy (non-hydrogen) atoms. The van der Waals surface area contributed by atoms with Gasteiger partial charge in [0.1, 0.15) is 18.2 Å². The highest BCUT2D eigenvalue weighted by atomic mass is 19.4. The first kappa shape index (κ1) is 26.8. The molecule has 3 atom stereocenters. The summed E-state index contributed by atoms with van der Waals surface area (Å²) >= 11 is 0. The minimum atomic E-state index is -4.83. The number of nitrogens with zero attached hydrogens (tertiary/aromatic N) is 1. The number of pyridine rings is 1. The molecule has 0 amide bonds. The van der Waals surface area contributed by atoms with Gasteiger partial charge in [-0.2, -0.15) is 13.2 Å². The second-order valence-electron chi connectivity index (χ2n) is 9.78. The lowest BCUT2D eigenvalue weighted by molar-refractivity contribution is -0.146. The minimum Gasteiger partial charge on any atom is -0.497 e. The Kier molecular flexibility index (Phi) is 7.13. The summed E-state index contributed by atoms with van der Waals surface area (Å²) in [6.45, 7) is 1.64. The molecule has 5 rings (SSSR count). The number of esters is 1. The molecule has 1 aliphatic carbocycles. The molecule has 10 heteroatoms. The zero-order valence-corrected chi connectivity index (χ0v) is 21.5. The Morgan fingerprint density at radius 1 is 1.05 bits per heavy atom. The van der Waals surface area contributed by atoms with E-state index in [1.165, 1.54) is 38.5 Å². The van der Waals surface area contributed by atoms with Crippen LogP contribution in [0, 0.1) is 17.7 Å². The van der Waals surface area contributed by atoms with Crippen LogP contribution in [-0.4, -0.2) is 31.8 Å². The lowest BCUT2D eigenvalue weighted by Crippen LogP contribution is -2.26. The van der Waals surface area contributed by atoms with Crippen molar-refractivity contribution >= 4 is 5.97 Å². The fourth-order valence-corrected chi connectivity index (χ4v) is 5.14. The smallest absolute Gasteiger partial charge is 0.433 e. The standard InChI is InChI=1S/C29H27F4NO5/c1-15(28(35)37-3)26(16-4-5-16)17-6-11-23-24(12-17)39-25(14-38-23)19-8-10-22(34-27(19)29(31,32)33)20-13-18(36-2)7-9-21(20)30/h6-13,15-16,25-26H,4-5,14H2,1-3H3/t15-,25?,26-/m0/s1. The van der Waals surface area contributed by atoms with Crippen LogP contribution in [0.15, 0.2) is 48.5 Å². The number of benzene rings is 2. The van der Waals surface area contributed by atoms with Crippen molar-refractivity contribution in [3.63, 3.8) is 0 Å². The predicted molar refractivity (Wildman–Crippen MR) is 133 cm³/mol. The van der Waals surface area contributed by atoms with Crippen LogP contribution in [-0.2, 0) is 15.7 Å². The minimum absolute atomic E-state index is 0.115. The van der Waals surface area contributed by atoms with Gasteiger partial charge in [0, 0.05) is 11.1 Å². The zero-order valence-electron chi connectivity index (χ0n) is 21.5. The molecule has 1 unspecified atom stereocenters. The van der Waals surface area contributed by atoms with Gasteiger partial charge in [-0.05, 0) is 66.6 Å². The number of halogens is 4. The van der Waals surface area contributed by atoms with Crippen LogP contribution in [0.2, 0.25) is 0 Å². The number of aromatic nitrogens is 1. The molecule has 2 heterocycles. The zero-order chi connectivity index (χ0) is 27.9. The average Bonchev–Trinajstić information content (AvgIpc) is 3.77. The Morgan fingerprint density at radius 3 is 2.49 bits per heavy atom. The Labute approximate surface area is 222 Å². The number of alkyl halides is 3. The van der Waals surface area contributed by atoms with E-state index in [-0.39, 0.29) is 46.8 Å². The van der Waals surface area contributed by atoms with Crippen molar-refractivity contribution in [1.82, 2.24) is 4.98 Å². The van der Waals surface area contributed by atoms with E-state index in [9.17, 15) is 22.4 Å². The lowest BCUT2D eigenvalue weighted by atomic mass is 9.83. The Bertz CT molecular complexity index is 1390. The molecule has 2 aliphatic rings. The summed E-state index contributed by atoms with van der Waals surface area (Å²) in [6, 6.07) is 11.6. The molecule has 0 radical (unpaired) electrons. The summed E-state index contributed by atoms with van der Waals surface area (Å²) in [6.07, 6.45) is -3.99. The number of hydrogen-bond acceptors (Lipinski definition) is 6. The third kappa shape index (κ3) is 5.37. The molecule has 0 bridgehead atoms.